The van der Waals surface area contributed by atoms with Crippen molar-refractivity contribution in [2.75, 3.05) is 31.6 Å². The summed E-state index contributed by atoms with van der Waals surface area (Å²) in [5, 5.41) is 2.93. The maximum absolute atomic E-state index is 14.2. The minimum Gasteiger partial charge on any atom is -0.497 e. The first kappa shape index (κ1) is 32.5. The predicted octanol–water partition coefficient (Wildman–Crippen LogP) is 4.93. The molecule has 3 aromatic rings. The fourth-order valence-corrected chi connectivity index (χ4v) is 5.93. The van der Waals surface area contributed by atoms with Gasteiger partial charge in [0.05, 0.1) is 24.8 Å². The van der Waals surface area contributed by atoms with Crippen molar-refractivity contribution >= 4 is 27.5 Å². The van der Waals surface area contributed by atoms with Gasteiger partial charge in [-0.25, -0.2) is 8.42 Å². The van der Waals surface area contributed by atoms with E-state index in [0.29, 0.717) is 24.5 Å². The van der Waals surface area contributed by atoms with Crippen LogP contribution in [0.15, 0.2) is 77.7 Å². The number of rotatable bonds is 15. The minimum atomic E-state index is -4.17. The van der Waals surface area contributed by atoms with Crippen molar-refractivity contribution in [1.82, 2.24) is 10.2 Å². The molecule has 9 nitrogen and oxygen atoms in total. The summed E-state index contributed by atoms with van der Waals surface area (Å²) in [6, 6.07) is 19.4. The van der Waals surface area contributed by atoms with E-state index >= 15 is 0 Å². The number of nitrogens with zero attached hydrogens (tertiary/aromatic N) is 2. The van der Waals surface area contributed by atoms with Crippen molar-refractivity contribution in [2.45, 2.75) is 57.5 Å². The number of anilines is 1. The van der Waals surface area contributed by atoms with E-state index in [0.717, 1.165) is 28.3 Å². The molecule has 10 heteroatoms. The van der Waals surface area contributed by atoms with E-state index in [2.05, 4.69) is 5.32 Å². The number of benzene rings is 3. The largest absolute Gasteiger partial charge is 0.497 e. The Morgan fingerprint density at radius 1 is 0.905 bits per heavy atom. The molecule has 0 saturated heterocycles. The average molecular weight is 596 g/mol. The molecule has 0 saturated carbocycles. The third-order valence-electron chi connectivity index (χ3n) is 6.93. The third-order valence-corrected chi connectivity index (χ3v) is 8.72. The zero-order chi connectivity index (χ0) is 30.7. The fourth-order valence-electron chi connectivity index (χ4n) is 4.52. The number of methoxy groups -OCH3 is 2. The normalized spacial score (nSPS) is 11.8. The monoisotopic (exact) mass is 595 g/mol. The van der Waals surface area contributed by atoms with Crippen LogP contribution in [0.5, 0.6) is 11.5 Å². The van der Waals surface area contributed by atoms with Crippen molar-refractivity contribution in [3.05, 3.63) is 83.9 Å². The second-order valence-electron chi connectivity index (χ2n) is 9.97. The summed E-state index contributed by atoms with van der Waals surface area (Å²) >= 11 is 0. The molecule has 0 unspecified atom stereocenters. The van der Waals surface area contributed by atoms with Crippen molar-refractivity contribution in [2.24, 2.45) is 0 Å². The molecule has 3 rings (SSSR count). The zero-order valence-electron chi connectivity index (χ0n) is 25.0. The Bertz CT molecular complexity index is 1440. The van der Waals surface area contributed by atoms with Gasteiger partial charge in [-0.2, -0.15) is 0 Å². The van der Waals surface area contributed by atoms with E-state index < -0.39 is 28.5 Å². The van der Waals surface area contributed by atoms with Crippen LogP contribution in [0.25, 0.3) is 0 Å². The van der Waals surface area contributed by atoms with E-state index in [4.69, 9.17) is 9.47 Å². The number of carbonyl (C=O) groups excluding carboxylic acids is 2. The van der Waals surface area contributed by atoms with Crippen LogP contribution in [0.1, 0.15) is 44.2 Å². The van der Waals surface area contributed by atoms with E-state index in [1.807, 2.05) is 32.9 Å². The van der Waals surface area contributed by atoms with Crippen molar-refractivity contribution in [3.8, 4) is 11.5 Å². The summed E-state index contributed by atoms with van der Waals surface area (Å²) in [6.45, 7) is 5.79. The van der Waals surface area contributed by atoms with Gasteiger partial charge in [0.25, 0.3) is 10.0 Å². The maximum atomic E-state index is 14.2. The van der Waals surface area contributed by atoms with Crippen LogP contribution in [-0.2, 0) is 26.2 Å². The first-order valence-electron chi connectivity index (χ1n) is 14.1. The van der Waals surface area contributed by atoms with Gasteiger partial charge in [-0.3, -0.25) is 13.9 Å². The number of unbranched alkanes of at least 4 members (excludes halogenated alkanes) is 1. The molecule has 0 heterocycles. The van der Waals surface area contributed by atoms with Gasteiger partial charge in [-0.1, -0.05) is 56.2 Å². The van der Waals surface area contributed by atoms with E-state index in [1.54, 1.807) is 55.6 Å². The molecule has 1 atom stereocenters. The molecule has 0 radical (unpaired) electrons. The predicted molar refractivity (Wildman–Crippen MR) is 164 cm³/mol. The number of ether oxygens (including phenoxy) is 2. The SMILES string of the molecule is CCCCNC(=O)[C@@H](CC)N(Cc1cccc(OC)c1)C(=O)CN(c1cccc(OC)c1)S(=O)(=O)c1ccc(C)cc1. The zero-order valence-corrected chi connectivity index (χ0v) is 25.8. The van der Waals surface area contributed by atoms with Gasteiger partial charge in [0.15, 0.2) is 0 Å². The topological polar surface area (TPSA) is 105 Å². The number of amides is 2. The van der Waals surface area contributed by atoms with Crippen LogP contribution in [0.2, 0.25) is 0 Å². The first-order chi connectivity index (χ1) is 20.1. The van der Waals surface area contributed by atoms with E-state index in [1.165, 1.54) is 24.1 Å². The van der Waals surface area contributed by atoms with Gasteiger partial charge in [0, 0.05) is 19.2 Å². The Morgan fingerprint density at radius 2 is 1.55 bits per heavy atom. The molecule has 0 spiro atoms. The van der Waals surface area contributed by atoms with Crippen LogP contribution in [0, 0.1) is 6.92 Å². The minimum absolute atomic E-state index is 0.0485. The Balaban J connectivity index is 2.06. The van der Waals surface area contributed by atoms with Crippen molar-refractivity contribution in [1.29, 1.82) is 0 Å². The summed E-state index contributed by atoms with van der Waals surface area (Å²) in [6.07, 6.45) is 2.07. The van der Waals surface area contributed by atoms with Gasteiger partial charge >= 0.3 is 0 Å². The summed E-state index contributed by atoms with van der Waals surface area (Å²) in [5.74, 6) is 0.254. The highest BCUT2D eigenvalue weighted by Gasteiger charge is 2.33. The van der Waals surface area contributed by atoms with Crippen molar-refractivity contribution in [3.63, 3.8) is 0 Å². The van der Waals surface area contributed by atoms with Gasteiger partial charge in [-0.15, -0.1) is 0 Å². The second-order valence-corrected chi connectivity index (χ2v) is 11.8. The molecule has 226 valence electrons. The molecule has 42 heavy (non-hydrogen) atoms. The van der Waals surface area contributed by atoms with E-state index in [9.17, 15) is 18.0 Å². The Labute approximate surface area is 249 Å². The lowest BCUT2D eigenvalue weighted by Gasteiger charge is -2.33. The number of nitrogens with one attached hydrogen (secondary N) is 1. The summed E-state index contributed by atoms with van der Waals surface area (Å²) in [4.78, 5) is 29.0. The molecular formula is C32H41N3O6S. The Kier molecular flexibility index (Phi) is 11.8. The number of aryl methyl sites for hydroxylation is 1. The molecule has 2 amide bonds. The number of hydrogen-bond donors (Lipinski definition) is 1. The highest BCUT2D eigenvalue weighted by atomic mass is 32.2. The van der Waals surface area contributed by atoms with Crippen molar-refractivity contribution < 1.29 is 27.5 Å². The lowest BCUT2D eigenvalue weighted by molar-refractivity contribution is -0.140. The average Bonchev–Trinajstić information content (AvgIpc) is 3.00. The van der Waals surface area contributed by atoms with Crippen LogP contribution in [0.3, 0.4) is 0 Å². The Hall–Kier alpha value is -4.05. The van der Waals surface area contributed by atoms with Crippen LogP contribution in [0.4, 0.5) is 5.69 Å². The van der Waals surface area contributed by atoms with Crippen LogP contribution < -0.4 is 19.1 Å². The third kappa shape index (κ3) is 8.25. The molecule has 0 aliphatic carbocycles. The molecule has 1 N–H and O–H groups in total. The summed E-state index contributed by atoms with van der Waals surface area (Å²) in [7, 11) is -1.12. The smallest absolute Gasteiger partial charge is 0.264 e. The summed E-state index contributed by atoms with van der Waals surface area (Å²) < 4.78 is 39.8. The van der Waals surface area contributed by atoms with Crippen LogP contribution in [-0.4, -0.2) is 58.5 Å². The number of hydrogen-bond acceptors (Lipinski definition) is 6. The lowest BCUT2D eigenvalue weighted by Crippen LogP contribution is -2.52. The lowest BCUT2D eigenvalue weighted by atomic mass is 10.1. The molecule has 0 aromatic heterocycles. The number of sulfonamides is 1. The van der Waals surface area contributed by atoms with Gasteiger partial charge < -0.3 is 19.7 Å². The molecule has 0 bridgehead atoms. The van der Waals surface area contributed by atoms with Gasteiger partial charge in [0.1, 0.15) is 24.1 Å². The van der Waals surface area contributed by atoms with E-state index in [-0.39, 0.29) is 23.0 Å². The summed E-state index contributed by atoms with van der Waals surface area (Å²) in [5.41, 5.74) is 1.92. The maximum Gasteiger partial charge on any atom is 0.264 e. The standard InChI is InChI=1S/C32H41N3O6S/c1-6-8-19-33-32(37)30(7-2)34(22-25-11-9-13-27(20-25)40-4)31(36)23-35(26-12-10-14-28(21-26)41-5)42(38,39)29-17-15-24(3)16-18-29/h9-18,20-21,30H,6-8,19,22-23H2,1-5H3,(H,33,37)/t30-/m1/s1. The van der Waals surface area contributed by atoms with Gasteiger partial charge in [0.2, 0.25) is 11.8 Å². The molecule has 0 aliphatic heterocycles. The molecular weight excluding hydrogens is 554 g/mol. The molecule has 0 aliphatic rings. The number of carbonyl (C=O) groups is 2. The quantitative estimate of drug-likeness (QED) is 0.250. The second kappa shape index (κ2) is 15.3. The van der Waals surface area contributed by atoms with Crippen LogP contribution >= 0.6 is 0 Å². The first-order valence-corrected chi connectivity index (χ1v) is 15.5. The van der Waals surface area contributed by atoms with Gasteiger partial charge in [-0.05, 0) is 61.7 Å². The highest BCUT2D eigenvalue weighted by Crippen LogP contribution is 2.28. The molecule has 0 fully saturated rings. The Morgan fingerprint density at radius 3 is 2.17 bits per heavy atom. The highest BCUT2D eigenvalue weighted by molar-refractivity contribution is 7.92. The fraction of sp³-hybridized carbons (Fsp3) is 0.375. The molecule has 3 aromatic carbocycles.